The molecule has 0 radical (unpaired) electrons. The number of carbonyl (C=O) groups is 1. The second-order valence-electron chi connectivity index (χ2n) is 3.32. The summed E-state index contributed by atoms with van der Waals surface area (Å²) in [6.45, 7) is -0.932. The van der Waals surface area contributed by atoms with E-state index >= 15 is 0 Å². The van der Waals surface area contributed by atoms with E-state index in [0.717, 1.165) is 12.1 Å². The SMILES string of the molecule is O=C(NCCOCC(F)F)c1cccc(F)c1F. The second kappa shape index (κ2) is 6.95. The first-order valence-corrected chi connectivity index (χ1v) is 5.10. The molecule has 1 aromatic rings. The van der Waals surface area contributed by atoms with E-state index in [4.69, 9.17) is 0 Å². The van der Waals surface area contributed by atoms with Gasteiger partial charge in [0.15, 0.2) is 11.6 Å². The molecule has 0 spiro atoms. The van der Waals surface area contributed by atoms with Crippen molar-refractivity contribution in [2.45, 2.75) is 6.43 Å². The highest BCUT2D eigenvalue weighted by Gasteiger charge is 2.14. The van der Waals surface area contributed by atoms with Crippen LogP contribution in [-0.4, -0.2) is 32.1 Å². The Balaban J connectivity index is 2.39. The zero-order valence-corrected chi connectivity index (χ0v) is 9.26. The van der Waals surface area contributed by atoms with Gasteiger partial charge in [0.05, 0.1) is 12.2 Å². The number of benzene rings is 1. The molecular formula is C11H11F4NO2. The van der Waals surface area contributed by atoms with E-state index in [0.29, 0.717) is 0 Å². The van der Waals surface area contributed by atoms with Gasteiger partial charge >= 0.3 is 0 Å². The smallest absolute Gasteiger partial charge is 0.261 e. The van der Waals surface area contributed by atoms with Crippen LogP contribution >= 0.6 is 0 Å². The molecule has 0 fully saturated rings. The summed E-state index contributed by atoms with van der Waals surface area (Å²) in [5, 5.41) is 2.23. The third-order valence-electron chi connectivity index (χ3n) is 1.97. The highest BCUT2D eigenvalue weighted by Crippen LogP contribution is 2.10. The maximum Gasteiger partial charge on any atom is 0.261 e. The molecular weight excluding hydrogens is 254 g/mol. The number of hydrogen-bond donors (Lipinski definition) is 1. The molecule has 0 aliphatic rings. The maximum atomic E-state index is 13.2. The Labute approximate surface area is 101 Å². The van der Waals surface area contributed by atoms with Crippen LogP contribution in [0.2, 0.25) is 0 Å². The van der Waals surface area contributed by atoms with Crippen LogP contribution < -0.4 is 5.32 Å². The highest BCUT2D eigenvalue weighted by atomic mass is 19.3. The average molecular weight is 265 g/mol. The van der Waals surface area contributed by atoms with Crippen molar-refractivity contribution in [3.05, 3.63) is 35.4 Å². The van der Waals surface area contributed by atoms with Crippen molar-refractivity contribution in [1.82, 2.24) is 5.32 Å². The summed E-state index contributed by atoms with van der Waals surface area (Å²) in [7, 11) is 0. The second-order valence-corrected chi connectivity index (χ2v) is 3.32. The van der Waals surface area contributed by atoms with Crippen molar-refractivity contribution in [2.75, 3.05) is 19.8 Å². The number of ether oxygens (including phenoxy) is 1. The lowest BCUT2D eigenvalue weighted by molar-refractivity contribution is 0.0188. The highest BCUT2D eigenvalue weighted by molar-refractivity contribution is 5.94. The molecule has 1 amide bonds. The Morgan fingerprint density at radius 3 is 2.72 bits per heavy atom. The zero-order chi connectivity index (χ0) is 13.5. The lowest BCUT2D eigenvalue weighted by Gasteiger charge is -2.07. The molecule has 0 atom stereocenters. The van der Waals surface area contributed by atoms with Crippen molar-refractivity contribution < 1.29 is 27.1 Å². The minimum atomic E-state index is -2.58. The van der Waals surface area contributed by atoms with E-state index in [9.17, 15) is 22.4 Å². The topological polar surface area (TPSA) is 38.3 Å². The Hall–Kier alpha value is -1.63. The molecule has 0 saturated carbocycles. The fourth-order valence-corrected chi connectivity index (χ4v) is 1.18. The molecule has 1 rings (SSSR count). The molecule has 0 heterocycles. The van der Waals surface area contributed by atoms with Gasteiger partial charge in [-0.15, -0.1) is 0 Å². The summed E-state index contributed by atoms with van der Waals surface area (Å²) < 4.78 is 53.8. The normalized spacial score (nSPS) is 10.7. The predicted octanol–water partition coefficient (Wildman–Crippen LogP) is 1.98. The quantitative estimate of drug-likeness (QED) is 0.631. The number of halogens is 4. The fraction of sp³-hybridized carbons (Fsp3) is 0.364. The first-order chi connectivity index (χ1) is 8.52. The summed E-state index contributed by atoms with van der Waals surface area (Å²) in [6.07, 6.45) is -2.58. The minimum absolute atomic E-state index is 0.0679. The number of alkyl halides is 2. The van der Waals surface area contributed by atoms with Gasteiger partial charge in [0.25, 0.3) is 12.3 Å². The standard InChI is InChI=1S/C11H11F4NO2/c12-8-3-1-2-7(10(8)15)11(17)16-4-5-18-6-9(13)14/h1-3,9H,4-6H2,(H,16,17). The van der Waals surface area contributed by atoms with Gasteiger partial charge in [0.1, 0.15) is 6.61 Å². The van der Waals surface area contributed by atoms with Gasteiger partial charge in [0.2, 0.25) is 0 Å². The Bertz CT molecular complexity index is 412. The van der Waals surface area contributed by atoms with Crippen molar-refractivity contribution in [3.8, 4) is 0 Å². The number of carbonyl (C=O) groups excluding carboxylic acids is 1. The van der Waals surface area contributed by atoms with Crippen LogP contribution in [-0.2, 0) is 4.74 Å². The Morgan fingerprint density at radius 1 is 1.33 bits per heavy atom. The zero-order valence-electron chi connectivity index (χ0n) is 9.26. The van der Waals surface area contributed by atoms with Gasteiger partial charge < -0.3 is 10.1 Å². The van der Waals surface area contributed by atoms with E-state index in [2.05, 4.69) is 10.1 Å². The molecule has 0 bridgehead atoms. The Kier molecular flexibility index (Phi) is 5.57. The van der Waals surface area contributed by atoms with Gasteiger partial charge in [-0.3, -0.25) is 4.79 Å². The van der Waals surface area contributed by atoms with Gasteiger partial charge in [0, 0.05) is 6.54 Å². The average Bonchev–Trinajstić information content (AvgIpc) is 2.31. The molecule has 18 heavy (non-hydrogen) atoms. The molecule has 0 aliphatic carbocycles. The van der Waals surface area contributed by atoms with E-state index in [-0.39, 0.29) is 13.2 Å². The van der Waals surface area contributed by atoms with Crippen molar-refractivity contribution in [3.63, 3.8) is 0 Å². The van der Waals surface area contributed by atoms with Gasteiger partial charge in [-0.25, -0.2) is 17.6 Å². The molecule has 0 saturated heterocycles. The number of hydrogen-bond acceptors (Lipinski definition) is 2. The molecule has 3 nitrogen and oxygen atoms in total. The van der Waals surface area contributed by atoms with Crippen LogP contribution in [0.3, 0.4) is 0 Å². The van der Waals surface area contributed by atoms with Crippen LogP contribution in [0.15, 0.2) is 18.2 Å². The lowest BCUT2D eigenvalue weighted by atomic mass is 10.2. The molecule has 0 aliphatic heterocycles. The first kappa shape index (κ1) is 14.4. The third-order valence-corrected chi connectivity index (χ3v) is 1.97. The van der Waals surface area contributed by atoms with Crippen LogP contribution in [0.1, 0.15) is 10.4 Å². The van der Waals surface area contributed by atoms with E-state index < -0.39 is 36.1 Å². The lowest BCUT2D eigenvalue weighted by Crippen LogP contribution is -2.28. The molecule has 1 N–H and O–H groups in total. The number of rotatable bonds is 6. The molecule has 1 aromatic carbocycles. The summed E-state index contributed by atoms with van der Waals surface area (Å²) in [5.74, 6) is -3.20. The Morgan fingerprint density at radius 2 is 2.06 bits per heavy atom. The van der Waals surface area contributed by atoms with Gasteiger partial charge in [-0.2, -0.15) is 0 Å². The van der Waals surface area contributed by atoms with E-state index in [1.807, 2.05) is 0 Å². The minimum Gasteiger partial charge on any atom is -0.374 e. The largest absolute Gasteiger partial charge is 0.374 e. The van der Waals surface area contributed by atoms with E-state index in [1.165, 1.54) is 6.07 Å². The predicted molar refractivity (Wildman–Crippen MR) is 55.5 cm³/mol. The van der Waals surface area contributed by atoms with Gasteiger partial charge in [-0.05, 0) is 12.1 Å². The number of amides is 1. The van der Waals surface area contributed by atoms with Crippen molar-refractivity contribution in [2.24, 2.45) is 0 Å². The monoisotopic (exact) mass is 265 g/mol. The van der Waals surface area contributed by atoms with Crippen LogP contribution in [0.4, 0.5) is 17.6 Å². The van der Waals surface area contributed by atoms with Crippen molar-refractivity contribution >= 4 is 5.91 Å². The summed E-state index contributed by atoms with van der Waals surface area (Å²) in [5.41, 5.74) is -0.441. The summed E-state index contributed by atoms with van der Waals surface area (Å²) in [6, 6.07) is 3.20. The summed E-state index contributed by atoms with van der Waals surface area (Å²) in [4.78, 5) is 11.4. The van der Waals surface area contributed by atoms with Gasteiger partial charge in [-0.1, -0.05) is 6.07 Å². The molecule has 0 unspecified atom stereocenters. The molecule has 0 aromatic heterocycles. The van der Waals surface area contributed by atoms with Crippen molar-refractivity contribution in [1.29, 1.82) is 0 Å². The van der Waals surface area contributed by atoms with Crippen LogP contribution in [0, 0.1) is 11.6 Å². The number of nitrogens with one attached hydrogen (secondary N) is 1. The van der Waals surface area contributed by atoms with Crippen LogP contribution in [0.25, 0.3) is 0 Å². The fourth-order valence-electron chi connectivity index (χ4n) is 1.18. The summed E-state index contributed by atoms with van der Waals surface area (Å²) >= 11 is 0. The molecule has 7 heteroatoms. The molecule has 100 valence electrons. The van der Waals surface area contributed by atoms with E-state index in [1.54, 1.807) is 0 Å². The first-order valence-electron chi connectivity index (χ1n) is 5.10. The maximum absolute atomic E-state index is 13.2. The van der Waals surface area contributed by atoms with Crippen LogP contribution in [0.5, 0.6) is 0 Å². The third kappa shape index (κ3) is 4.33.